The quantitative estimate of drug-likeness (QED) is 0.717. The molecule has 0 amide bonds. The number of hydrogen-bond donors (Lipinski definition) is 0. The van der Waals surface area contributed by atoms with Crippen molar-refractivity contribution >= 4 is 6.29 Å². The van der Waals surface area contributed by atoms with Crippen molar-refractivity contribution in [3.63, 3.8) is 0 Å². The summed E-state index contributed by atoms with van der Waals surface area (Å²) in [5.41, 5.74) is -0.382. The standard InChI is InChI=1S/C12H16O3/c1-2-12(11-6-4-8-14-11)7-3-5-10(9-13)15-12/h4,6,8-10H,2-3,5,7H2,1H3. The van der Waals surface area contributed by atoms with Crippen molar-refractivity contribution < 1.29 is 13.9 Å². The number of hydrogen-bond acceptors (Lipinski definition) is 3. The van der Waals surface area contributed by atoms with E-state index in [1.807, 2.05) is 12.1 Å². The second-order valence-corrected chi connectivity index (χ2v) is 4.01. The molecule has 0 N–H and O–H groups in total. The summed E-state index contributed by atoms with van der Waals surface area (Å²) < 4.78 is 11.3. The van der Waals surface area contributed by atoms with Gasteiger partial charge in [-0.15, -0.1) is 0 Å². The van der Waals surface area contributed by atoms with E-state index in [-0.39, 0.29) is 11.7 Å². The monoisotopic (exact) mass is 208 g/mol. The molecule has 0 spiro atoms. The van der Waals surface area contributed by atoms with Crippen molar-refractivity contribution in [2.75, 3.05) is 0 Å². The van der Waals surface area contributed by atoms with Crippen LogP contribution in [0.15, 0.2) is 22.8 Å². The molecule has 2 heterocycles. The summed E-state index contributed by atoms with van der Waals surface area (Å²) in [6, 6.07) is 3.79. The van der Waals surface area contributed by atoms with Gasteiger partial charge >= 0.3 is 0 Å². The topological polar surface area (TPSA) is 39.4 Å². The third-order valence-electron chi connectivity index (χ3n) is 3.14. The maximum absolute atomic E-state index is 10.8. The third kappa shape index (κ3) is 1.84. The first-order valence-corrected chi connectivity index (χ1v) is 5.48. The van der Waals surface area contributed by atoms with Gasteiger partial charge in [0.1, 0.15) is 23.8 Å². The Morgan fingerprint density at radius 2 is 2.53 bits per heavy atom. The van der Waals surface area contributed by atoms with Crippen LogP contribution in [0.4, 0.5) is 0 Å². The van der Waals surface area contributed by atoms with Gasteiger partial charge in [0.2, 0.25) is 0 Å². The van der Waals surface area contributed by atoms with Crippen molar-refractivity contribution in [1.29, 1.82) is 0 Å². The summed E-state index contributed by atoms with van der Waals surface area (Å²) in [5.74, 6) is 0.844. The van der Waals surface area contributed by atoms with Crippen LogP contribution in [0, 0.1) is 0 Å². The van der Waals surface area contributed by atoms with Gasteiger partial charge in [-0.3, -0.25) is 0 Å². The van der Waals surface area contributed by atoms with E-state index in [2.05, 4.69) is 6.92 Å². The molecule has 1 aliphatic heterocycles. The molecule has 1 aliphatic rings. The largest absolute Gasteiger partial charge is 0.466 e. The van der Waals surface area contributed by atoms with Crippen molar-refractivity contribution in [2.45, 2.75) is 44.3 Å². The molecule has 1 saturated heterocycles. The number of carbonyl (C=O) groups is 1. The Morgan fingerprint density at radius 1 is 1.67 bits per heavy atom. The molecule has 82 valence electrons. The lowest BCUT2D eigenvalue weighted by Gasteiger charge is -2.37. The maximum Gasteiger partial charge on any atom is 0.148 e. The minimum absolute atomic E-state index is 0.274. The van der Waals surface area contributed by atoms with Crippen LogP contribution in [0.3, 0.4) is 0 Å². The molecule has 0 bridgehead atoms. The molecule has 2 atom stereocenters. The van der Waals surface area contributed by atoms with Crippen molar-refractivity contribution in [3.05, 3.63) is 24.2 Å². The van der Waals surface area contributed by atoms with Gasteiger partial charge in [0, 0.05) is 0 Å². The molecule has 1 aromatic rings. The predicted molar refractivity (Wildman–Crippen MR) is 55.5 cm³/mol. The summed E-state index contributed by atoms with van der Waals surface area (Å²) >= 11 is 0. The molecular weight excluding hydrogens is 192 g/mol. The molecule has 3 nitrogen and oxygen atoms in total. The number of aldehydes is 1. The minimum atomic E-state index is -0.382. The molecular formula is C12H16O3. The van der Waals surface area contributed by atoms with Crippen LogP contribution in [0.2, 0.25) is 0 Å². The summed E-state index contributed by atoms with van der Waals surface area (Å²) in [4.78, 5) is 10.8. The van der Waals surface area contributed by atoms with Crippen LogP contribution in [0.25, 0.3) is 0 Å². The molecule has 0 saturated carbocycles. The molecule has 2 rings (SSSR count). The summed E-state index contributed by atoms with van der Waals surface area (Å²) in [7, 11) is 0. The number of rotatable bonds is 3. The van der Waals surface area contributed by atoms with Gasteiger partial charge in [-0.25, -0.2) is 0 Å². The molecule has 0 aliphatic carbocycles. The van der Waals surface area contributed by atoms with E-state index in [4.69, 9.17) is 9.15 Å². The van der Waals surface area contributed by atoms with Gasteiger partial charge in [-0.2, -0.15) is 0 Å². The molecule has 1 fully saturated rings. The normalized spacial score (nSPS) is 31.4. The number of carbonyl (C=O) groups excluding carboxylic acids is 1. The summed E-state index contributed by atoms with van der Waals surface area (Å²) in [6.45, 7) is 2.07. The molecule has 0 aromatic carbocycles. The van der Waals surface area contributed by atoms with E-state index in [9.17, 15) is 4.79 Å². The average Bonchev–Trinajstić information content (AvgIpc) is 2.83. The van der Waals surface area contributed by atoms with Gasteiger partial charge in [0.15, 0.2) is 0 Å². The van der Waals surface area contributed by atoms with Gasteiger partial charge in [0.05, 0.1) is 6.26 Å². The van der Waals surface area contributed by atoms with Gasteiger partial charge in [-0.1, -0.05) is 6.92 Å². The maximum atomic E-state index is 10.8. The predicted octanol–water partition coefficient (Wildman–Crippen LogP) is 2.65. The first-order chi connectivity index (χ1) is 7.30. The third-order valence-corrected chi connectivity index (χ3v) is 3.14. The van der Waals surface area contributed by atoms with Crippen LogP contribution in [-0.2, 0) is 15.1 Å². The van der Waals surface area contributed by atoms with Crippen LogP contribution in [0.1, 0.15) is 38.4 Å². The van der Waals surface area contributed by atoms with Gasteiger partial charge in [0.25, 0.3) is 0 Å². The van der Waals surface area contributed by atoms with E-state index < -0.39 is 0 Å². The fourth-order valence-electron chi connectivity index (χ4n) is 2.25. The number of furan rings is 1. The van der Waals surface area contributed by atoms with Crippen molar-refractivity contribution in [2.24, 2.45) is 0 Å². The molecule has 15 heavy (non-hydrogen) atoms. The fraction of sp³-hybridized carbons (Fsp3) is 0.583. The Bertz CT molecular complexity index is 318. The molecule has 3 heteroatoms. The van der Waals surface area contributed by atoms with E-state index in [1.165, 1.54) is 0 Å². The van der Waals surface area contributed by atoms with Crippen LogP contribution in [-0.4, -0.2) is 12.4 Å². The Hall–Kier alpha value is -1.09. The van der Waals surface area contributed by atoms with E-state index >= 15 is 0 Å². The second kappa shape index (κ2) is 4.19. The first kappa shape index (κ1) is 10.4. The van der Waals surface area contributed by atoms with Crippen LogP contribution < -0.4 is 0 Å². The Labute approximate surface area is 89.4 Å². The highest BCUT2D eigenvalue weighted by atomic mass is 16.5. The SMILES string of the molecule is CCC1(c2ccco2)CCCC(C=O)O1. The van der Waals surface area contributed by atoms with Crippen LogP contribution >= 0.6 is 0 Å². The zero-order chi connectivity index (χ0) is 10.7. The van der Waals surface area contributed by atoms with E-state index in [1.54, 1.807) is 6.26 Å². The van der Waals surface area contributed by atoms with Gasteiger partial charge < -0.3 is 13.9 Å². The average molecular weight is 208 g/mol. The highest BCUT2D eigenvalue weighted by Crippen LogP contribution is 2.40. The number of ether oxygens (including phenoxy) is 1. The minimum Gasteiger partial charge on any atom is -0.466 e. The lowest BCUT2D eigenvalue weighted by Crippen LogP contribution is -2.38. The van der Waals surface area contributed by atoms with Crippen LogP contribution in [0.5, 0.6) is 0 Å². The summed E-state index contributed by atoms with van der Waals surface area (Å²) in [5, 5.41) is 0. The molecule has 2 unspecified atom stereocenters. The van der Waals surface area contributed by atoms with E-state index in [0.29, 0.717) is 0 Å². The molecule has 1 aromatic heterocycles. The zero-order valence-corrected chi connectivity index (χ0v) is 8.94. The highest BCUT2D eigenvalue weighted by Gasteiger charge is 2.39. The lowest BCUT2D eigenvalue weighted by atomic mass is 9.87. The lowest BCUT2D eigenvalue weighted by molar-refractivity contribution is -0.156. The highest BCUT2D eigenvalue weighted by molar-refractivity contribution is 5.56. The zero-order valence-electron chi connectivity index (χ0n) is 8.94. The Balaban J connectivity index is 2.24. The smallest absolute Gasteiger partial charge is 0.148 e. The molecule has 0 radical (unpaired) electrons. The Kier molecular flexibility index (Phi) is 2.91. The second-order valence-electron chi connectivity index (χ2n) is 4.01. The fourth-order valence-corrected chi connectivity index (χ4v) is 2.25. The van der Waals surface area contributed by atoms with Gasteiger partial charge in [-0.05, 0) is 37.8 Å². The van der Waals surface area contributed by atoms with Crippen molar-refractivity contribution in [1.82, 2.24) is 0 Å². The first-order valence-electron chi connectivity index (χ1n) is 5.48. The summed E-state index contributed by atoms with van der Waals surface area (Å²) in [6.07, 6.45) is 5.88. The van der Waals surface area contributed by atoms with E-state index in [0.717, 1.165) is 37.7 Å². The Morgan fingerprint density at radius 3 is 3.13 bits per heavy atom. The van der Waals surface area contributed by atoms with Crippen molar-refractivity contribution in [3.8, 4) is 0 Å².